The van der Waals surface area contributed by atoms with Gasteiger partial charge in [-0.3, -0.25) is 9.78 Å². The van der Waals surface area contributed by atoms with Gasteiger partial charge >= 0.3 is 0 Å². The van der Waals surface area contributed by atoms with E-state index in [2.05, 4.69) is 10.3 Å². The molecular weight excluding hydrogens is 242 g/mol. The van der Waals surface area contributed by atoms with Crippen LogP contribution in [0.2, 0.25) is 0 Å². The van der Waals surface area contributed by atoms with Crippen molar-refractivity contribution in [1.29, 1.82) is 0 Å². The van der Waals surface area contributed by atoms with Gasteiger partial charge in [0.05, 0.1) is 24.6 Å². The Morgan fingerprint density at radius 2 is 2.16 bits per heavy atom. The van der Waals surface area contributed by atoms with Gasteiger partial charge in [0.2, 0.25) is 0 Å². The quantitative estimate of drug-likeness (QED) is 0.884. The number of carbonyl (C=O) groups excluding carboxylic acids is 1. The van der Waals surface area contributed by atoms with Crippen molar-refractivity contribution < 1.29 is 9.53 Å². The highest BCUT2D eigenvalue weighted by Gasteiger charge is 2.11. The fraction of sp³-hybridized carbons (Fsp3) is 0.143. The van der Waals surface area contributed by atoms with E-state index in [4.69, 9.17) is 10.5 Å². The maximum Gasteiger partial charge on any atom is 0.257 e. The Bertz CT molecular complexity index is 611. The van der Waals surface area contributed by atoms with E-state index in [1.54, 1.807) is 25.3 Å². The van der Waals surface area contributed by atoms with Gasteiger partial charge in [0.1, 0.15) is 5.75 Å². The summed E-state index contributed by atoms with van der Waals surface area (Å²) in [5, 5.41) is 2.82. The lowest BCUT2D eigenvalue weighted by Gasteiger charge is -2.10. The summed E-state index contributed by atoms with van der Waals surface area (Å²) in [6.45, 7) is 1.90. The first-order valence-corrected chi connectivity index (χ1v) is 5.77. The molecule has 19 heavy (non-hydrogen) atoms. The number of rotatable bonds is 3. The molecule has 0 saturated heterocycles. The summed E-state index contributed by atoms with van der Waals surface area (Å²) in [4.78, 5) is 15.9. The zero-order valence-corrected chi connectivity index (χ0v) is 10.8. The Kier molecular flexibility index (Phi) is 3.66. The van der Waals surface area contributed by atoms with E-state index in [0.29, 0.717) is 11.3 Å². The predicted octanol–water partition coefficient (Wildman–Crippen LogP) is 2.23. The summed E-state index contributed by atoms with van der Waals surface area (Å²) in [6, 6.07) is 7.02. The van der Waals surface area contributed by atoms with Crippen molar-refractivity contribution in [2.24, 2.45) is 0 Å². The number of aromatic nitrogens is 1. The molecule has 0 spiro atoms. The number of hydrogen-bond acceptors (Lipinski definition) is 4. The molecule has 1 heterocycles. The van der Waals surface area contributed by atoms with E-state index < -0.39 is 0 Å². The molecule has 0 aliphatic heterocycles. The van der Waals surface area contributed by atoms with Crippen molar-refractivity contribution in [2.45, 2.75) is 6.92 Å². The smallest absolute Gasteiger partial charge is 0.257 e. The van der Waals surface area contributed by atoms with Crippen LogP contribution in [0.3, 0.4) is 0 Å². The number of pyridine rings is 1. The maximum absolute atomic E-state index is 12.1. The summed E-state index contributed by atoms with van der Waals surface area (Å²) in [6.07, 6.45) is 2.99. The van der Waals surface area contributed by atoms with Crippen molar-refractivity contribution in [3.05, 3.63) is 47.8 Å². The molecule has 1 aromatic heterocycles. The highest BCUT2D eigenvalue weighted by Crippen LogP contribution is 2.22. The van der Waals surface area contributed by atoms with Crippen LogP contribution in [-0.2, 0) is 0 Å². The maximum atomic E-state index is 12.1. The number of hydrogen-bond donors (Lipinski definition) is 2. The van der Waals surface area contributed by atoms with Crippen molar-refractivity contribution in [1.82, 2.24) is 4.98 Å². The molecular formula is C14H15N3O2. The Labute approximate surface area is 111 Å². The van der Waals surface area contributed by atoms with E-state index in [1.165, 1.54) is 12.4 Å². The van der Waals surface area contributed by atoms with E-state index in [1.807, 2.05) is 13.0 Å². The second-order valence-corrected chi connectivity index (χ2v) is 4.10. The molecule has 0 saturated carbocycles. The third kappa shape index (κ3) is 2.82. The van der Waals surface area contributed by atoms with Crippen LogP contribution in [0, 0.1) is 6.92 Å². The van der Waals surface area contributed by atoms with Crippen LogP contribution < -0.4 is 15.8 Å². The monoisotopic (exact) mass is 257 g/mol. The SMILES string of the molecule is COc1ccc(NC(=O)c2ccncc2N)c(C)c1. The minimum absolute atomic E-state index is 0.256. The topological polar surface area (TPSA) is 77.2 Å². The van der Waals surface area contributed by atoms with Gasteiger partial charge in [-0.05, 0) is 36.8 Å². The number of nitrogens with two attached hydrogens (primary N) is 1. The molecule has 98 valence electrons. The number of ether oxygens (including phenoxy) is 1. The first-order valence-electron chi connectivity index (χ1n) is 5.77. The van der Waals surface area contributed by atoms with Gasteiger partial charge in [0.25, 0.3) is 5.91 Å². The third-order valence-corrected chi connectivity index (χ3v) is 2.78. The first-order chi connectivity index (χ1) is 9.11. The fourth-order valence-electron chi connectivity index (χ4n) is 1.71. The number of aryl methyl sites for hydroxylation is 1. The molecule has 5 nitrogen and oxygen atoms in total. The molecule has 0 aliphatic carbocycles. The molecule has 0 fully saturated rings. The predicted molar refractivity (Wildman–Crippen MR) is 74.3 cm³/mol. The summed E-state index contributed by atoms with van der Waals surface area (Å²) < 4.78 is 5.12. The van der Waals surface area contributed by atoms with Crippen molar-refractivity contribution >= 4 is 17.3 Å². The highest BCUT2D eigenvalue weighted by atomic mass is 16.5. The summed E-state index contributed by atoms with van der Waals surface area (Å²) in [7, 11) is 1.60. The number of nitrogen functional groups attached to an aromatic ring is 1. The van der Waals surface area contributed by atoms with Gasteiger partial charge in [0.15, 0.2) is 0 Å². The van der Waals surface area contributed by atoms with Gasteiger partial charge in [-0.15, -0.1) is 0 Å². The number of anilines is 2. The molecule has 0 atom stereocenters. The zero-order chi connectivity index (χ0) is 13.8. The average Bonchev–Trinajstić information content (AvgIpc) is 2.41. The molecule has 2 rings (SSSR count). The Hall–Kier alpha value is -2.56. The van der Waals surface area contributed by atoms with E-state index >= 15 is 0 Å². The average molecular weight is 257 g/mol. The van der Waals surface area contributed by atoms with Crippen LogP contribution in [-0.4, -0.2) is 18.0 Å². The highest BCUT2D eigenvalue weighted by molar-refractivity contribution is 6.07. The zero-order valence-electron chi connectivity index (χ0n) is 10.8. The number of methoxy groups -OCH3 is 1. The van der Waals surface area contributed by atoms with Gasteiger partial charge in [-0.1, -0.05) is 0 Å². The van der Waals surface area contributed by atoms with Crippen LogP contribution in [0.25, 0.3) is 0 Å². The third-order valence-electron chi connectivity index (χ3n) is 2.78. The largest absolute Gasteiger partial charge is 0.497 e. The van der Waals surface area contributed by atoms with Crippen LogP contribution >= 0.6 is 0 Å². The molecule has 0 aliphatic rings. The standard InChI is InChI=1S/C14H15N3O2/c1-9-7-10(19-2)3-4-13(9)17-14(18)11-5-6-16-8-12(11)15/h3-8H,15H2,1-2H3,(H,17,18). The molecule has 5 heteroatoms. The fourth-order valence-corrected chi connectivity index (χ4v) is 1.71. The summed E-state index contributed by atoms with van der Waals surface area (Å²) in [5.41, 5.74) is 8.12. The molecule has 0 unspecified atom stereocenters. The first kappa shape index (κ1) is 12.9. The lowest BCUT2D eigenvalue weighted by molar-refractivity contribution is 0.102. The lowest BCUT2D eigenvalue weighted by Crippen LogP contribution is -2.14. The van der Waals surface area contributed by atoms with Gasteiger partial charge in [0, 0.05) is 11.9 Å². The van der Waals surface area contributed by atoms with Gasteiger partial charge < -0.3 is 15.8 Å². The molecule has 1 aromatic carbocycles. The van der Waals surface area contributed by atoms with Gasteiger partial charge in [-0.25, -0.2) is 0 Å². The molecule has 3 N–H and O–H groups in total. The van der Waals surface area contributed by atoms with Crippen molar-refractivity contribution in [3.8, 4) is 5.75 Å². The Morgan fingerprint density at radius 3 is 2.79 bits per heavy atom. The van der Waals surface area contributed by atoms with Crippen molar-refractivity contribution in [2.75, 3.05) is 18.2 Å². The number of nitrogens with zero attached hydrogens (tertiary/aromatic N) is 1. The second-order valence-electron chi connectivity index (χ2n) is 4.10. The minimum Gasteiger partial charge on any atom is -0.497 e. The van der Waals surface area contributed by atoms with Crippen LogP contribution in [0.1, 0.15) is 15.9 Å². The Morgan fingerprint density at radius 1 is 1.37 bits per heavy atom. The number of benzene rings is 1. The molecule has 2 aromatic rings. The minimum atomic E-state index is -0.256. The normalized spacial score (nSPS) is 10.0. The molecule has 0 bridgehead atoms. The second kappa shape index (κ2) is 5.39. The van der Waals surface area contributed by atoms with Crippen molar-refractivity contribution in [3.63, 3.8) is 0 Å². The van der Waals surface area contributed by atoms with Crippen LogP contribution in [0.5, 0.6) is 5.75 Å². The van der Waals surface area contributed by atoms with Gasteiger partial charge in [-0.2, -0.15) is 0 Å². The summed E-state index contributed by atoms with van der Waals surface area (Å²) >= 11 is 0. The number of carbonyl (C=O) groups is 1. The van der Waals surface area contributed by atoms with E-state index in [0.717, 1.165) is 17.0 Å². The lowest BCUT2D eigenvalue weighted by atomic mass is 10.1. The number of nitrogens with one attached hydrogen (secondary N) is 1. The van der Waals surface area contributed by atoms with Crippen LogP contribution in [0.4, 0.5) is 11.4 Å². The van der Waals surface area contributed by atoms with E-state index in [-0.39, 0.29) is 5.91 Å². The Balaban J connectivity index is 2.22. The number of amides is 1. The van der Waals surface area contributed by atoms with E-state index in [9.17, 15) is 4.79 Å². The molecule has 0 radical (unpaired) electrons. The summed E-state index contributed by atoms with van der Waals surface area (Å²) in [5.74, 6) is 0.493. The molecule has 1 amide bonds. The van der Waals surface area contributed by atoms with Crippen LogP contribution in [0.15, 0.2) is 36.7 Å².